The van der Waals surface area contributed by atoms with Gasteiger partial charge < -0.3 is 20.1 Å². The van der Waals surface area contributed by atoms with Crippen LogP contribution in [0.5, 0.6) is 5.75 Å². The Kier molecular flexibility index (Phi) is 5.77. The van der Waals surface area contributed by atoms with Crippen LogP contribution in [0.15, 0.2) is 24.3 Å². The van der Waals surface area contributed by atoms with Gasteiger partial charge in [-0.15, -0.1) is 0 Å². The van der Waals surface area contributed by atoms with Crippen molar-refractivity contribution in [1.82, 2.24) is 5.32 Å². The third-order valence-electron chi connectivity index (χ3n) is 3.69. The monoisotopic (exact) mass is 306 g/mol. The summed E-state index contributed by atoms with van der Waals surface area (Å²) in [6, 6.07) is 6.76. The SMILES string of the molecule is COC(=O)COc1ccc(NC(=O)C2CC(C)CCN2)cc1. The van der Waals surface area contributed by atoms with Crippen molar-refractivity contribution in [3.8, 4) is 5.75 Å². The first-order chi connectivity index (χ1) is 10.6. The van der Waals surface area contributed by atoms with Crippen molar-refractivity contribution in [2.45, 2.75) is 25.8 Å². The minimum atomic E-state index is -0.435. The van der Waals surface area contributed by atoms with Gasteiger partial charge in [-0.25, -0.2) is 4.79 Å². The Balaban J connectivity index is 1.85. The van der Waals surface area contributed by atoms with Gasteiger partial charge in [-0.05, 0) is 49.6 Å². The zero-order valence-corrected chi connectivity index (χ0v) is 12.9. The Morgan fingerprint density at radius 2 is 2.05 bits per heavy atom. The number of benzene rings is 1. The first-order valence-corrected chi connectivity index (χ1v) is 7.42. The average Bonchev–Trinajstić information content (AvgIpc) is 2.53. The minimum Gasteiger partial charge on any atom is -0.482 e. The van der Waals surface area contributed by atoms with E-state index < -0.39 is 5.97 Å². The molecule has 6 heteroatoms. The second-order valence-corrected chi connectivity index (χ2v) is 5.51. The number of hydrogen-bond donors (Lipinski definition) is 2. The van der Waals surface area contributed by atoms with Gasteiger partial charge >= 0.3 is 5.97 Å². The van der Waals surface area contributed by atoms with Gasteiger partial charge in [0.05, 0.1) is 13.2 Å². The standard InChI is InChI=1S/C16H22N2O4/c1-11-7-8-17-14(9-11)16(20)18-12-3-5-13(6-4-12)22-10-15(19)21-2/h3-6,11,14,17H,7-10H2,1-2H3,(H,18,20). The van der Waals surface area contributed by atoms with E-state index in [2.05, 4.69) is 22.3 Å². The lowest BCUT2D eigenvalue weighted by Crippen LogP contribution is -2.45. The number of amides is 1. The molecule has 6 nitrogen and oxygen atoms in total. The minimum absolute atomic E-state index is 0.0187. The second kappa shape index (κ2) is 7.79. The summed E-state index contributed by atoms with van der Waals surface area (Å²) in [5.74, 6) is 0.656. The summed E-state index contributed by atoms with van der Waals surface area (Å²) < 4.78 is 9.75. The first-order valence-electron chi connectivity index (χ1n) is 7.42. The summed E-state index contributed by atoms with van der Waals surface area (Å²) in [5, 5.41) is 6.12. The summed E-state index contributed by atoms with van der Waals surface area (Å²) >= 11 is 0. The molecule has 0 saturated carbocycles. The lowest BCUT2D eigenvalue weighted by molar-refractivity contribution is -0.142. The van der Waals surface area contributed by atoms with E-state index in [-0.39, 0.29) is 18.6 Å². The molecule has 2 atom stereocenters. The van der Waals surface area contributed by atoms with Crippen molar-refractivity contribution in [2.24, 2.45) is 5.92 Å². The van der Waals surface area contributed by atoms with Gasteiger partial charge in [-0.2, -0.15) is 0 Å². The Bertz CT molecular complexity index is 515. The maximum atomic E-state index is 12.2. The molecule has 22 heavy (non-hydrogen) atoms. The molecule has 120 valence electrons. The largest absolute Gasteiger partial charge is 0.482 e. The van der Waals surface area contributed by atoms with Crippen molar-refractivity contribution < 1.29 is 19.1 Å². The Morgan fingerprint density at radius 1 is 1.32 bits per heavy atom. The molecule has 1 aliphatic heterocycles. The number of methoxy groups -OCH3 is 1. The maximum Gasteiger partial charge on any atom is 0.343 e. The fraction of sp³-hybridized carbons (Fsp3) is 0.500. The highest BCUT2D eigenvalue weighted by atomic mass is 16.6. The third kappa shape index (κ3) is 4.73. The fourth-order valence-electron chi connectivity index (χ4n) is 2.37. The number of carbonyl (C=O) groups is 2. The van der Waals surface area contributed by atoms with Crippen LogP contribution in [0.2, 0.25) is 0 Å². The molecule has 1 aromatic carbocycles. The highest BCUT2D eigenvalue weighted by Gasteiger charge is 2.24. The zero-order chi connectivity index (χ0) is 15.9. The van der Waals surface area contributed by atoms with Gasteiger partial charge in [0.25, 0.3) is 0 Å². The van der Waals surface area contributed by atoms with Gasteiger partial charge in [-0.3, -0.25) is 4.79 Å². The lowest BCUT2D eigenvalue weighted by atomic mass is 9.94. The molecule has 0 aliphatic carbocycles. The number of carbonyl (C=O) groups excluding carboxylic acids is 2. The summed E-state index contributed by atoms with van der Waals surface area (Å²) in [5.41, 5.74) is 0.704. The summed E-state index contributed by atoms with van der Waals surface area (Å²) in [4.78, 5) is 23.2. The molecule has 0 bridgehead atoms. The van der Waals surface area contributed by atoms with Crippen molar-refractivity contribution in [2.75, 3.05) is 25.6 Å². The van der Waals surface area contributed by atoms with E-state index in [1.165, 1.54) is 7.11 Å². The fourth-order valence-corrected chi connectivity index (χ4v) is 2.37. The molecule has 1 amide bonds. The number of hydrogen-bond acceptors (Lipinski definition) is 5. The van der Waals surface area contributed by atoms with Crippen LogP contribution < -0.4 is 15.4 Å². The number of esters is 1. The van der Waals surface area contributed by atoms with E-state index in [0.717, 1.165) is 19.4 Å². The van der Waals surface area contributed by atoms with Crippen LogP contribution in [-0.4, -0.2) is 38.2 Å². The maximum absolute atomic E-state index is 12.2. The molecule has 2 rings (SSSR count). The molecule has 0 aromatic heterocycles. The van der Waals surface area contributed by atoms with Crippen molar-refractivity contribution >= 4 is 17.6 Å². The van der Waals surface area contributed by atoms with Crippen LogP contribution in [0.3, 0.4) is 0 Å². The van der Waals surface area contributed by atoms with E-state index >= 15 is 0 Å². The number of rotatable bonds is 5. The highest BCUT2D eigenvalue weighted by Crippen LogP contribution is 2.19. The third-order valence-corrected chi connectivity index (χ3v) is 3.69. The predicted octanol–water partition coefficient (Wildman–Crippen LogP) is 1.56. The van der Waals surface area contributed by atoms with Crippen LogP contribution in [0.1, 0.15) is 19.8 Å². The van der Waals surface area contributed by atoms with Crippen LogP contribution in [-0.2, 0) is 14.3 Å². The van der Waals surface area contributed by atoms with Crippen LogP contribution in [0.25, 0.3) is 0 Å². The predicted molar refractivity (Wildman–Crippen MR) is 82.8 cm³/mol. The Hall–Kier alpha value is -2.08. The topological polar surface area (TPSA) is 76.7 Å². The number of nitrogens with one attached hydrogen (secondary N) is 2. The number of ether oxygens (including phenoxy) is 2. The summed E-state index contributed by atoms with van der Waals surface area (Å²) in [6.45, 7) is 2.90. The van der Waals surface area contributed by atoms with Crippen LogP contribution in [0.4, 0.5) is 5.69 Å². The summed E-state index contributed by atoms with van der Waals surface area (Å²) in [6.07, 6.45) is 1.96. The zero-order valence-electron chi connectivity index (χ0n) is 12.9. The Morgan fingerprint density at radius 3 is 2.68 bits per heavy atom. The first kappa shape index (κ1) is 16.3. The number of piperidine rings is 1. The summed E-state index contributed by atoms with van der Waals surface area (Å²) in [7, 11) is 1.31. The molecule has 1 heterocycles. The van der Waals surface area contributed by atoms with E-state index in [1.807, 2.05) is 0 Å². The number of anilines is 1. The molecule has 1 aliphatic rings. The molecule has 0 radical (unpaired) electrons. The molecule has 1 fully saturated rings. The van der Waals surface area contributed by atoms with Gasteiger partial charge in [0, 0.05) is 5.69 Å². The lowest BCUT2D eigenvalue weighted by Gasteiger charge is -2.27. The highest BCUT2D eigenvalue weighted by molar-refractivity contribution is 5.94. The Labute approximate surface area is 130 Å². The van der Waals surface area contributed by atoms with Crippen LogP contribution in [0, 0.1) is 5.92 Å². The van der Waals surface area contributed by atoms with E-state index in [0.29, 0.717) is 17.4 Å². The molecular weight excluding hydrogens is 284 g/mol. The molecule has 0 spiro atoms. The van der Waals surface area contributed by atoms with Crippen LogP contribution >= 0.6 is 0 Å². The molecular formula is C16H22N2O4. The van der Waals surface area contributed by atoms with Crippen molar-refractivity contribution in [3.05, 3.63) is 24.3 Å². The molecule has 2 N–H and O–H groups in total. The van der Waals surface area contributed by atoms with E-state index in [1.54, 1.807) is 24.3 Å². The molecule has 1 aromatic rings. The quantitative estimate of drug-likeness (QED) is 0.808. The molecule has 2 unspecified atom stereocenters. The van der Waals surface area contributed by atoms with Gasteiger partial charge in [0.15, 0.2) is 6.61 Å². The van der Waals surface area contributed by atoms with E-state index in [4.69, 9.17) is 4.74 Å². The molecule has 1 saturated heterocycles. The van der Waals surface area contributed by atoms with Crippen molar-refractivity contribution in [3.63, 3.8) is 0 Å². The van der Waals surface area contributed by atoms with Gasteiger partial charge in [-0.1, -0.05) is 6.92 Å². The van der Waals surface area contributed by atoms with Gasteiger partial charge in [0.1, 0.15) is 5.75 Å². The smallest absolute Gasteiger partial charge is 0.343 e. The van der Waals surface area contributed by atoms with Crippen molar-refractivity contribution in [1.29, 1.82) is 0 Å². The second-order valence-electron chi connectivity index (χ2n) is 5.51. The van der Waals surface area contributed by atoms with E-state index in [9.17, 15) is 9.59 Å². The average molecular weight is 306 g/mol. The normalized spacial score (nSPS) is 21.0. The van der Waals surface area contributed by atoms with Gasteiger partial charge in [0.2, 0.25) is 5.91 Å².